The van der Waals surface area contributed by atoms with Gasteiger partial charge in [0.15, 0.2) is 11.5 Å². The summed E-state index contributed by atoms with van der Waals surface area (Å²) >= 11 is 0. The molecule has 0 saturated carbocycles. The van der Waals surface area contributed by atoms with Crippen molar-refractivity contribution in [2.45, 2.75) is 19.3 Å². The molecule has 1 amide bonds. The number of anilines is 1. The van der Waals surface area contributed by atoms with Crippen LogP contribution in [0.15, 0.2) is 48.5 Å². The Kier molecular flexibility index (Phi) is 7.34. The minimum atomic E-state index is 0.0542. The molecule has 0 bridgehead atoms. The Morgan fingerprint density at radius 3 is 2.83 bits per heavy atom. The third-order valence-corrected chi connectivity index (χ3v) is 5.09. The van der Waals surface area contributed by atoms with Crippen molar-refractivity contribution in [3.8, 4) is 17.6 Å². The van der Waals surface area contributed by atoms with Crippen LogP contribution in [0.3, 0.4) is 0 Å². The van der Waals surface area contributed by atoms with Crippen LogP contribution in [0.5, 0.6) is 11.5 Å². The molecule has 1 aliphatic heterocycles. The number of nitriles is 1. The highest BCUT2D eigenvalue weighted by atomic mass is 16.5. The van der Waals surface area contributed by atoms with Crippen LogP contribution in [0.2, 0.25) is 0 Å². The molecule has 6 heteroatoms. The number of carbonyl (C=O) groups is 1. The fourth-order valence-electron chi connectivity index (χ4n) is 3.49. The number of nitrogens with zero attached hydrogens (tertiary/aromatic N) is 2. The van der Waals surface area contributed by atoms with E-state index in [1.165, 1.54) is 5.69 Å². The smallest absolute Gasteiger partial charge is 0.220 e. The number of ether oxygens (including phenoxy) is 2. The first-order valence-corrected chi connectivity index (χ1v) is 9.97. The van der Waals surface area contributed by atoms with E-state index in [1.54, 1.807) is 25.3 Å². The molecule has 1 aliphatic rings. The van der Waals surface area contributed by atoms with E-state index in [0.717, 1.165) is 19.5 Å². The maximum Gasteiger partial charge on any atom is 0.220 e. The summed E-state index contributed by atoms with van der Waals surface area (Å²) in [6.07, 6.45) is 2.14. The molecule has 0 spiro atoms. The van der Waals surface area contributed by atoms with E-state index in [-0.39, 0.29) is 5.91 Å². The van der Waals surface area contributed by atoms with E-state index >= 15 is 0 Å². The molecule has 1 unspecified atom stereocenters. The molecule has 0 radical (unpaired) electrons. The monoisotopic (exact) mass is 393 g/mol. The summed E-state index contributed by atoms with van der Waals surface area (Å²) in [6, 6.07) is 17.5. The molecule has 2 aromatic carbocycles. The molecule has 2 aromatic rings. The molecule has 1 atom stereocenters. The lowest BCUT2D eigenvalue weighted by Gasteiger charge is -2.18. The summed E-state index contributed by atoms with van der Waals surface area (Å²) in [5.41, 5.74) is 1.77. The fraction of sp³-hybridized carbons (Fsp3) is 0.391. The number of carbonyl (C=O) groups excluding carboxylic acids is 1. The Hall–Kier alpha value is -3.20. The van der Waals surface area contributed by atoms with Crippen molar-refractivity contribution in [1.82, 2.24) is 5.32 Å². The van der Waals surface area contributed by atoms with Gasteiger partial charge in [-0.25, -0.2) is 0 Å². The van der Waals surface area contributed by atoms with E-state index in [2.05, 4.69) is 40.6 Å². The van der Waals surface area contributed by atoms with Gasteiger partial charge >= 0.3 is 0 Å². The van der Waals surface area contributed by atoms with E-state index in [4.69, 9.17) is 14.7 Å². The Bertz CT molecular complexity index is 848. The summed E-state index contributed by atoms with van der Waals surface area (Å²) in [5, 5.41) is 12.0. The fourth-order valence-corrected chi connectivity index (χ4v) is 3.49. The summed E-state index contributed by atoms with van der Waals surface area (Å²) < 4.78 is 10.9. The molecule has 29 heavy (non-hydrogen) atoms. The lowest BCUT2D eigenvalue weighted by atomic mass is 10.1. The first-order chi connectivity index (χ1) is 14.2. The van der Waals surface area contributed by atoms with Crippen LogP contribution in [0.4, 0.5) is 5.69 Å². The van der Waals surface area contributed by atoms with Gasteiger partial charge < -0.3 is 19.7 Å². The number of hydrogen-bond donors (Lipinski definition) is 1. The topological polar surface area (TPSA) is 74.6 Å². The Morgan fingerprint density at radius 2 is 2.07 bits per heavy atom. The lowest BCUT2D eigenvalue weighted by Crippen LogP contribution is -2.31. The molecule has 1 heterocycles. The van der Waals surface area contributed by atoms with Gasteiger partial charge in [0.05, 0.1) is 25.3 Å². The zero-order valence-electron chi connectivity index (χ0n) is 16.8. The predicted molar refractivity (Wildman–Crippen MR) is 112 cm³/mol. The molecule has 1 saturated heterocycles. The van der Waals surface area contributed by atoms with Crippen molar-refractivity contribution in [3.63, 3.8) is 0 Å². The van der Waals surface area contributed by atoms with Crippen LogP contribution in [-0.4, -0.2) is 39.3 Å². The van der Waals surface area contributed by atoms with Gasteiger partial charge in [-0.15, -0.1) is 0 Å². The maximum atomic E-state index is 12.1. The first kappa shape index (κ1) is 20.5. The predicted octanol–water partition coefficient (Wildman–Crippen LogP) is 3.37. The summed E-state index contributed by atoms with van der Waals surface area (Å²) in [5.74, 6) is 1.65. The van der Waals surface area contributed by atoms with Gasteiger partial charge in [-0.1, -0.05) is 18.2 Å². The van der Waals surface area contributed by atoms with Crippen LogP contribution in [-0.2, 0) is 4.79 Å². The molecule has 0 aliphatic carbocycles. The van der Waals surface area contributed by atoms with Gasteiger partial charge in [-0.2, -0.15) is 5.26 Å². The van der Waals surface area contributed by atoms with Gasteiger partial charge in [-0.3, -0.25) is 4.79 Å². The zero-order valence-corrected chi connectivity index (χ0v) is 16.8. The van der Waals surface area contributed by atoms with Crippen molar-refractivity contribution < 1.29 is 14.3 Å². The van der Waals surface area contributed by atoms with E-state index in [1.807, 2.05) is 6.07 Å². The second-order valence-corrected chi connectivity index (χ2v) is 7.17. The number of methoxy groups -OCH3 is 1. The highest BCUT2D eigenvalue weighted by molar-refractivity contribution is 5.75. The largest absolute Gasteiger partial charge is 0.493 e. The van der Waals surface area contributed by atoms with Gasteiger partial charge in [0.2, 0.25) is 5.91 Å². The van der Waals surface area contributed by atoms with Gasteiger partial charge in [0.1, 0.15) is 0 Å². The van der Waals surface area contributed by atoms with Gasteiger partial charge in [0.25, 0.3) is 0 Å². The van der Waals surface area contributed by atoms with Gasteiger partial charge in [-0.05, 0) is 43.0 Å². The molecule has 6 nitrogen and oxygen atoms in total. The lowest BCUT2D eigenvalue weighted by molar-refractivity contribution is -0.121. The van der Waals surface area contributed by atoms with E-state index in [9.17, 15) is 4.79 Å². The highest BCUT2D eigenvalue weighted by Gasteiger charge is 2.22. The Balaban J connectivity index is 1.33. The maximum absolute atomic E-state index is 12.1. The van der Waals surface area contributed by atoms with Crippen molar-refractivity contribution >= 4 is 11.6 Å². The van der Waals surface area contributed by atoms with Gasteiger partial charge in [0, 0.05) is 37.8 Å². The van der Waals surface area contributed by atoms with Crippen LogP contribution in [0, 0.1) is 17.2 Å². The average molecular weight is 393 g/mol. The third-order valence-electron chi connectivity index (χ3n) is 5.09. The van der Waals surface area contributed by atoms with Crippen LogP contribution >= 0.6 is 0 Å². The molecule has 3 rings (SSSR count). The van der Waals surface area contributed by atoms with Crippen molar-refractivity contribution in [2.75, 3.05) is 38.3 Å². The number of benzene rings is 2. The Labute approximate surface area is 172 Å². The minimum absolute atomic E-state index is 0.0542. The summed E-state index contributed by atoms with van der Waals surface area (Å²) in [4.78, 5) is 14.5. The van der Waals surface area contributed by atoms with Crippen molar-refractivity contribution in [2.24, 2.45) is 5.92 Å². The first-order valence-electron chi connectivity index (χ1n) is 9.97. The number of amides is 1. The van der Waals surface area contributed by atoms with Crippen LogP contribution in [0.1, 0.15) is 24.8 Å². The molecule has 1 N–H and O–H groups in total. The standard InChI is InChI=1S/C23H27N3O3/c1-28-22-14-18(15-24)9-10-21(22)29-13-5-8-23(27)25-16-19-11-12-26(17-19)20-6-3-2-4-7-20/h2-4,6-7,9-10,14,19H,5,8,11-13,16-17H2,1H3,(H,25,27). The number of hydrogen-bond acceptors (Lipinski definition) is 5. The summed E-state index contributed by atoms with van der Waals surface area (Å²) in [7, 11) is 1.54. The van der Waals surface area contributed by atoms with Crippen LogP contribution in [0.25, 0.3) is 0 Å². The number of para-hydroxylation sites is 1. The minimum Gasteiger partial charge on any atom is -0.493 e. The van der Waals surface area contributed by atoms with E-state index < -0.39 is 0 Å². The molecule has 152 valence electrons. The molecule has 0 aromatic heterocycles. The highest BCUT2D eigenvalue weighted by Crippen LogP contribution is 2.28. The normalized spacial score (nSPS) is 15.6. The average Bonchev–Trinajstić information content (AvgIpc) is 3.25. The van der Waals surface area contributed by atoms with E-state index in [0.29, 0.717) is 49.0 Å². The third kappa shape index (κ3) is 5.89. The second-order valence-electron chi connectivity index (χ2n) is 7.17. The van der Waals surface area contributed by atoms with Crippen LogP contribution < -0.4 is 19.7 Å². The number of nitrogens with one attached hydrogen (secondary N) is 1. The van der Waals surface area contributed by atoms with Crippen molar-refractivity contribution in [3.05, 3.63) is 54.1 Å². The zero-order chi connectivity index (χ0) is 20.5. The molecule has 1 fully saturated rings. The molecular weight excluding hydrogens is 366 g/mol. The van der Waals surface area contributed by atoms with Crippen molar-refractivity contribution in [1.29, 1.82) is 5.26 Å². The number of rotatable bonds is 9. The molecular formula is C23H27N3O3. The second kappa shape index (κ2) is 10.4. The SMILES string of the molecule is COc1cc(C#N)ccc1OCCCC(=O)NCC1CCN(c2ccccc2)C1. The summed E-state index contributed by atoms with van der Waals surface area (Å²) in [6.45, 7) is 3.14. The Morgan fingerprint density at radius 1 is 1.24 bits per heavy atom. The quantitative estimate of drug-likeness (QED) is 0.661.